The second-order valence-electron chi connectivity index (χ2n) is 8.26. The summed E-state index contributed by atoms with van der Waals surface area (Å²) in [7, 11) is -3.71. The van der Waals surface area contributed by atoms with Crippen LogP contribution in [0.5, 0.6) is 5.75 Å². The maximum atomic E-state index is 13.1. The zero-order chi connectivity index (χ0) is 23.4. The van der Waals surface area contributed by atoms with E-state index in [-0.39, 0.29) is 23.5 Å². The molecule has 0 radical (unpaired) electrons. The monoisotopic (exact) mass is 484 g/mol. The number of hydrogen-bond donors (Lipinski definition) is 1. The van der Waals surface area contributed by atoms with E-state index >= 15 is 0 Å². The number of para-hydroxylation sites is 1. The summed E-state index contributed by atoms with van der Waals surface area (Å²) in [5.41, 5.74) is 2.60. The molecule has 8 heteroatoms. The first kappa shape index (κ1) is 23.5. The molecule has 2 aromatic carbocycles. The van der Waals surface area contributed by atoms with Crippen LogP contribution in [-0.4, -0.2) is 38.4 Å². The SMILES string of the molecule is Cc1cccc(C)c1OC1CCN(C(=O)c2cccc(S(=O)(=O)NCc3cccs3)c2)CC1. The molecule has 1 saturated heterocycles. The van der Waals surface area contributed by atoms with E-state index < -0.39 is 10.0 Å². The zero-order valence-electron chi connectivity index (χ0n) is 18.8. The Labute approximate surface area is 199 Å². The van der Waals surface area contributed by atoms with Gasteiger partial charge in [-0.1, -0.05) is 30.3 Å². The average molecular weight is 485 g/mol. The highest BCUT2D eigenvalue weighted by Gasteiger charge is 2.26. The van der Waals surface area contributed by atoms with Crippen molar-refractivity contribution < 1.29 is 17.9 Å². The molecule has 0 saturated carbocycles. The lowest BCUT2D eigenvalue weighted by molar-refractivity contribution is 0.0593. The zero-order valence-corrected chi connectivity index (χ0v) is 20.4. The van der Waals surface area contributed by atoms with Crippen LogP contribution in [0.4, 0.5) is 0 Å². The van der Waals surface area contributed by atoms with E-state index in [4.69, 9.17) is 4.74 Å². The fraction of sp³-hybridized carbons (Fsp3) is 0.320. The van der Waals surface area contributed by atoms with Gasteiger partial charge in [-0.05, 0) is 54.6 Å². The van der Waals surface area contributed by atoms with Crippen molar-refractivity contribution in [3.05, 3.63) is 81.5 Å². The van der Waals surface area contributed by atoms with Gasteiger partial charge in [-0.3, -0.25) is 4.79 Å². The van der Waals surface area contributed by atoms with Gasteiger partial charge in [0.1, 0.15) is 11.9 Å². The van der Waals surface area contributed by atoms with E-state index in [9.17, 15) is 13.2 Å². The van der Waals surface area contributed by atoms with Gasteiger partial charge in [-0.25, -0.2) is 13.1 Å². The Bertz CT molecular complexity index is 1190. The van der Waals surface area contributed by atoms with Crippen molar-refractivity contribution >= 4 is 27.3 Å². The highest BCUT2D eigenvalue weighted by molar-refractivity contribution is 7.89. The van der Waals surface area contributed by atoms with Crippen LogP contribution < -0.4 is 9.46 Å². The molecule has 0 bridgehead atoms. The number of piperidine rings is 1. The van der Waals surface area contributed by atoms with Gasteiger partial charge in [0, 0.05) is 42.9 Å². The largest absolute Gasteiger partial charge is 0.490 e. The van der Waals surface area contributed by atoms with Crippen molar-refractivity contribution in [1.82, 2.24) is 9.62 Å². The number of thiophene rings is 1. The van der Waals surface area contributed by atoms with Crippen LogP contribution in [0.15, 0.2) is 64.9 Å². The summed E-state index contributed by atoms with van der Waals surface area (Å²) in [5.74, 6) is 0.770. The molecular weight excluding hydrogens is 456 g/mol. The Kier molecular flexibility index (Phi) is 7.17. The summed E-state index contributed by atoms with van der Waals surface area (Å²) < 4.78 is 34.3. The minimum Gasteiger partial charge on any atom is -0.490 e. The van der Waals surface area contributed by atoms with E-state index in [0.717, 1.165) is 34.6 Å². The molecule has 6 nitrogen and oxygen atoms in total. The van der Waals surface area contributed by atoms with Crippen molar-refractivity contribution in [3.8, 4) is 5.75 Å². The number of sulfonamides is 1. The molecule has 1 N–H and O–H groups in total. The predicted octanol–water partition coefficient (Wildman–Crippen LogP) is 4.53. The van der Waals surface area contributed by atoms with Crippen molar-refractivity contribution in [3.63, 3.8) is 0 Å². The van der Waals surface area contributed by atoms with Gasteiger partial charge in [0.2, 0.25) is 10.0 Å². The van der Waals surface area contributed by atoms with E-state index in [0.29, 0.717) is 18.7 Å². The quantitative estimate of drug-likeness (QED) is 0.535. The second kappa shape index (κ2) is 10.1. The normalized spacial score (nSPS) is 14.9. The standard InChI is InChI=1S/C25H28N2O4S2/c1-18-6-3-7-19(2)24(18)31-21-11-13-27(14-12-21)25(28)20-8-4-10-23(16-20)33(29,30)26-17-22-9-5-15-32-22/h3-10,15-16,21,26H,11-14,17H2,1-2H3. The average Bonchev–Trinajstić information content (AvgIpc) is 3.34. The maximum absolute atomic E-state index is 13.1. The fourth-order valence-electron chi connectivity index (χ4n) is 3.97. The summed E-state index contributed by atoms with van der Waals surface area (Å²) in [6, 6.07) is 16.1. The molecule has 0 spiro atoms. The third-order valence-corrected chi connectivity index (χ3v) is 8.11. The number of carbonyl (C=O) groups excluding carboxylic acids is 1. The first-order valence-electron chi connectivity index (χ1n) is 11.0. The van der Waals surface area contributed by atoms with Crippen LogP contribution in [0.2, 0.25) is 0 Å². The summed E-state index contributed by atoms with van der Waals surface area (Å²) in [6.07, 6.45) is 1.53. The van der Waals surface area contributed by atoms with E-state index in [1.165, 1.54) is 23.5 Å². The van der Waals surface area contributed by atoms with Gasteiger partial charge < -0.3 is 9.64 Å². The highest BCUT2D eigenvalue weighted by Crippen LogP contribution is 2.27. The number of ether oxygens (including phenoxy) is 1. The van der Waals surface area contributed by atoms with Gasteiger partial charge in [0.15, 0.2) is 0 Å². The lowest BCUT2D eigenvalue weighted by atomic mass is 10.1. The Morgan fingerprint density at radius 1 is 1.06 bits per heavy atom. The number of carbonyl (C=O) groups is 1. The number of benzene rings is 2. The molecule has 174 valence electrons. The van der Waals surface area contributed by atoms with Crippen LogP contribution in [0.3, 0.4) is 0 Å². The van der Waals surface area contributed by atoms with E-state index in [1.807, 2.05) is 49.6 Å². The summed E-state index contributed by atoms with van der Waals surface area (Å²) in [5, 5.41) is 1.90. The van der Waals surface area contributed by atoms with E-state index in [1.54, 1.807) is 17.0 Å². The molecule has 1 aliphatic rings. The van der Waals surface area contributed by atoms with Gasteiger partial charge in [-0.15, -0.1) is 11.3 Å². The number of nitrogens with zero attached hydrogens (tertiary/aromatic N) is 1. The van der Waals surface area contributed by atoms with Gasteiger partial charge >= 0.3 is 0 Å². The summed E-state index contributed by atoms with van der Waals surface area (Å²) in [4.78, 5) is 15.9. The van der Waals surface area contributed by atoms with Crippen molar-refractivity contribution in [2.24, 2.45) is 0 Å². The second-order valence-corrected chi connectivity index (χ2v) is 11.1. The summed E-state index contributed by atoms with van der Waals surface area (Å²) in [6.45, 7) is 5.45. The van der Waals surface area contributed by atoms with Crippen molar-refractivity contribution in [1.29, 1.82) is 0 Å². The minimum atomic E-state index is -3.71. The number of likely N-dealkylation sites (tertiary alicyclic amines) is 1. The molecule has 4 rings (SSSR count). The Hall–Kier alpha value is -2.68. The molecule has 1 aliphatic heterocycles. The molecule has 1 fully saturated rings. The molecule has 0 unspecified atom stereocenters. The number of nitrogens with one attached hydrogen (secondary N) is 1. The molecule has 3 aromatic rings. The first-order chi connectivity index (χ1) is 15.8. The lowest BCUT2D eigenvalue weighted by Crippen LogP contribution is -2.42. The predicted molar refractivity (Wildman–Crippen MR) is 130 cm³/mol. The maximum Gasteiger partial charge on any atom is 0.253 e. The Morgan fingerprint density at radius 3 is 2.42 bits per heavy atom. The third kappa shape index (κ3) is 5.63. The van der Waals surface area contributed by atoms with Crippen LogP contribution in [0, 0.1) is 13.8 Å². The number of aryl methyl sites for hydroxylation is 2. The first-order valence-corrected chi connectivity index (χ1v) is 13.3. The van der Waals surface area contributed by atoms with E-state index in [2.05, 4.69) is 4.72 Å². The van der Waals surface area contributed by atoms with Crippen molar-refractivity contribution in [2.75, 3.05) is 13.1 Å². The van der Waals surface area contributed by atoms with Gasteiger partial charge in [0.05, 0.1) is 4.90 Å². The topological polar surface area (TPSA) is 75.7 Å². The molecule has 1 aromatic heterocycles. The fourth-order valence-corrected chi connectivity index (χ4v) is 5.76. The summed E-state index contributed by atoms with van der Waals surface area (Å²) >= 11 is 1.49. The lowest BCUT2D eigenvalue weighted by Gasteiger charge is -2.33. The minimum absolute atomic E-state index is 0.0574. The molecular formula is C25H28N2O4S2. The molecule has 1 amide bonds. The third-order valence-electron chi connectivity index (χ3n) is 5.83. The number of amides is 1. The highest BCUT2D eigenvalue weighted by atomic mass is 32.2. The smallest absolute Gasteiger partial charge is 0.253 e. The van der Waals surface area contributed by atoms with Crippen molar-refractivity contribution in [2.45, 2.75) is 44.2 Å². The van der Waals surface area contributed by atoms with Gasteiger partial charge in [-0.2, -0.15) is 0 Å². The van der Waals surface area contributed by atoms with Crippen LogP contribution in [0.1, 0.15) is 39.2 Å². The van der Waals surface area contributed by atoms with Crippen LogP contribution in [-0.2, 0) is 16.6 Å². The number of rotatable bonds is 7. The molecule has 2 heterocycles. The molecule has 0 aliphatic carbocycles. The Balaban J connectivity index is 1.38. The van der Waals surface area contributed by atoms with Gasteiger partial charge in [0.25, 0.3) is 5.91 Å². The Morgan fingerprint density at radius 2 is 1.76 bits per heavy atom. The molecule has 0 atom stereocenters. The van der Waals surface area contributed by atoms with Crippen LogP contribution >= 0.6 is 11.3 Å². The van der Waals surface area contributed by atoms with Crippen LogP contribution in [0.25, 0.3) is 0 Å². The molecule has 33 heavy (non-hydrogen) atoms. The number of hydrogen-bond acceptors (Lipinski definition) is 5.